The van der Waals surface area contributed by atoms with Gasteiger partial charge in [-0.3, -0.25) is 9.59 Å². The minimum absolute atomic E-state index is 0.000502. The van der Waals surface area contributed by atoms with Crippen molar-refractivity contribution in [3.8, 4) is 0 Å². The van der Waals surface area contributed by atoms with Gasteiger partial charge < -0.3 is 15.2 Å². The van der Waals surface area contributed by atoms with Gasteiger partial charge in [0.25, 0.3) is 0 Å². The number of rotatable bonds is 19. The molecule has 328 valence electrons. The molecule has 0 aromatic heterocycles. The lowest BCUT2D eigenvalue weighted by Crippen LogP contribution is -2.16. The smallest absolute Gasteiger partial charge is 0.306 e. The van der Waals surface area contributed by atoms with E-state index in [0.717, 1.165) is 110 Å². The van der Waals surface area contributed by atoms with E-state index in [-0.39, 0.29) is 36.6 Å². The molecule has 0 unspecified atom stereocenters. The van der Waals surface area contributed by atoms with Crippen LogP contribution >= 0.6 is 0 Å². The Bertz CT molecular complexity index is 2190. The van der Waals surface area contributed by atoms with E-state index < -0.39 is 0 Å². The Kier molecular flexibility index (Phi) is 15.1. The third-order valence-electron chi connectivity index (χ3n) is 13.9. The summed E-state index contributed by atoms with van der Waals surface area (Å²) in [7, 11) is 0. The molecule has 1 fully saturated rings. The number of allylic oxidation sites excluding steroid dienone is 13. The van der Waals surface area contributed by atoms with E-state index in [0.29, 0.717) is 29.9 Å². The Morgan fingerprint density at radius 2 is 1.51 bits per heavy atom. The second-order valence-electron chi connectivity index (χ2n) is 19.2. The third kappa shape index (κ3) is 10.5. The summed E-state index contributed by atoms with van der Waals surface area (Å²) in [4.78, 5) is 41.7. The molecule has 0 saturated carbocycles. The van der Waals surface area contributed by atoms with Crippen molar-refractivity contribution in [1.82, 2.24) is 5.32 Å². The van der Waals surface area contributed by atoms with E-state index in [4.69, 9.17) is 19.7 Å². The maximum Gasteiger partial charge on any atom is 0.306 e. The van der Waals surface area contributed by atoms with Crippen LogP contribution in [0.1, 0.15) is 160 Å². The second-order valence-corrected chi connectivity index (χ2v) is 19.2. The summed E-state index contributed by atoms with van der Waals surface area (Å²) in [5.41, 5.74) is 14.0. The largest absolute Gasteiger partial charge is 0.511 e. The highest BCUT2D eigenvalue weighted by Gasteiger charge is 2.41. The molecular weight excluding hydrogens is 757 g/mol. The van der Waals surface area contributed by atoms with E-state index in [1.54, 1.807) is 6.92 Å². The van der Waals surface area contributed by atoms with Crippen LogP contribution in [0.4, 0.5) is 0 Å². The fourth-order valence-corrected chi connectivity index (χ4v) is 9.98. The Morgan fingerprint density at radius 3 is 2.18 bits per heavy atom. The number of esters is 1. The number of fused-ring (bicyclic) bond motifs is 5. The number of aliphatic imine (C=N–C) groups is 3. The number of hydrogen-bond donors (Lipinski definition) is 2. The first-order valence-corrected chi connectivity index (χ1v) is 23.4. The highest BCUT2D eigenvalue weighted by atomic mass is 16.5. The molecule has 1 aliphatic carbocycles. The number of aliphatic hydroxyl groups is 1. The molecule has 4 atom stereocenters. The van der Waals surface area contributed by atoms with Crippen LogP contribution in [0.25, 0.3) is 0 Å². The van der Waals surface area contributed by atoms with Gasteiger partial charge in [0.2, 0.25) is 0 Å². The number of hydrogen-bond acceptors (Lipinski definition) is 8. The van der Waals surface area contributed by atoms with Crippen molar-refractivity contribution in [2.24, 2.45) is 44.6 Å². The van der Waals surface area contributed by atoms with Crippen LogP contribution in [0.2, 0.25) is 0 Å². The zero-order chi connectivity index (χ0) is 44.1. The normalized spacial score (nSPS) is 22.2. The summed E-state index contributed by atoms with van der Waals surface area (Å²) in [6.45, 7) is 23.8. The van der Waals surface area contributed by atoms with Crippen molar-refractivity contribution < 1.29 is 19.4 Å². The predicted octanol–water partition coefficient (Wildman–Crippen LogP) is 13.0. The summed E-state index contributed by atoms with van der Waals surface area (Å²) in [6, 6.07) is 0. The number of carbonyl (C=O) groups excluding carboxylic acids is 2. The van der Waals surface area contributed by atoms with Crippen molar-refractivity contribution >= 4 is 28.9 Å². The van der Waals surface area contributed by atoms with Crippen molar-refractivity contribution in [1.29, 1.82) is 0 Å². The lowest BCUT2D eigenvalue weighted by molar-refractivity contribution is -0.142. The van der Waals surface area contributed by atoms with Crippen molar-refractivity contribution in [2.45, 2.75) is 160 Å². The molecular formula is C53H72N4O4. The summed E-state index contributed by atoms with van der Waals surface area (Å²) < 4.78 is 5.79. The molecule has 5 aliphatic heterocycles. The molecule has 6 aliphatic rings. The molecule has 61 heavy (non-hydrogen) atoms. The zero-order valence-corrected chi connectivity index (χ0v) is 39.1. The second kappa shape index (κ2) is 20.1. The minimum Gasteiger partial charge on any atom is -0.511 e. The topological polar surface area (TPSA) is 113 Å². The quantitative estimate of drug-likeness (QED) is 0.0994. The monoisotopic (exact) mass is 829 g/mol. The molecule has 2 N–H and O–H groups in total. The summed E-state index contributed by atoms with van der Waals surface area (Å²) >= 11 is 0. The van der Waals surface area contributed by atoms with Crippen LogP contribution < -0.4 is 5.32 Å². The van der Waals surface area contributed by atoms with Gasteiger partial charge in [0, 0.05) is 52.8 Å². The number of nitrogens with zero attached hydrogens (tertiary/aromatic N) is 3. The standard InChI is InChI=1S/C53H72N4O4/c1-12-39-34(7)42-29-47-50(38(11)58)36(9)44(55-47)27-43-35(8)40(52(56-43)41-26-48(59)51-37(10)45(57-53(41)51)28-46(39)54-42)22-23-49(60)61-25-24-33(6)21-15-20-32(5)19-14-18-31(4)17-13-16-30(2)3/h24,27-32,35,40,56,59H,12-23,25-26H2,1-11H3/b33-24+,43-27?,46-28?,47-29?,52-41?/t31-,32-,35+,40+/m1/s1. The molecule has 0 aromatic carbocycles. The summed E-state index contributed by atoms with van der Waals surface area (Å²) in [5, 5.41) is 15.2. The van der Waals surface area contributed by atoms with Gasteiger partial charge in [-0.05, 0) is 125 Å². The number of carbonyl (C=O) groups is 2. The molecule has 8 bridgehead atoms. The molecule has 1 saturated heterocycles. The van der Waals surface area contributed by atoms with Crippen LogP contribution in [0.5, 0.6) is 0 Å². The first-order valence-electron chi connectivity index (χ1n) is 23.4. The van der Waals surface area contributed by atoms with Gasteiger partial charge in [-0.1, -0.05) is 92.1 Å². The number of ether oxygens (including phenoxy) is 1. The van der Waals surface area contributed by atoms with Gasteiger partial charge in [-0.2, -0.15) is 0 Å². The Balaban J connectivity index is 1.14. The minimum atomic E-state index is -0.215. The molecule has 8 heteroatoms. The Morgan fingerprint density at radius 1 is 0.852 bits per heavy atom. The molecule has 0 amide bonds. The maximum absolute atomic E-state index is 13.3. The highest BCUT2D eigenvalue weighted by molar-refractivity contribution is 6.22. The zero-order valence-electron chi connectivity index (χ0n) is 39.1. The van der Waals surface area contributed by atoms with Crippen molar-refractivity contribution in [3.63, 3.8) is 0 Å². The lowest BCUT2D eigenvalue weighted by Gasteiger charge is -2.17. The molecule has 6 rings (SSSR count). The van der Waals surface area contributed by atoms with Gasteiger partial charge in [-0.25, -0.2) is 15.0 Å². The lowest BCUT2D eigenvalue weighted by atomic mass is 9.86. The van der Waals surface area contributed by atoms with E-state index in [1.807, 2.05) is 26.0 Å². The van der Waals surface area contributed by atoms with Crippen molar-refractivity contribution in [3.05, 3.63) is 103 Å². The van der Waals surface area contributed by atoms with Crippen LogP contribution in [0, 0.1) is 29.6 Å². The van der Waals surface area contributed by atoms with Crippen LogP contribution in [-0.4, -0.2) is 40.6 Å². The van der Waals surface area contributed by atoms with E-state index in [9.17, 15) is 14.7 Å². The van der Waals surface area contributed by atoms with E-state index in [1.165, 1.54) is 50.5 Å². The molecule has 8 nitrogen and oxygen atoms in total. The molecule has 0 spiro atoms. The summed E-state index contributed by atoms with van der Waals surface area (Å²) in [6.07, 6.45) is 21.5. The maximum atomic E-state index is 13.3. The van der Waals surface area contributed by atoms with Crippen LogP contribution in [0.15, 0.2) is 118 Å². The third-order valence-corrected chi connectivity index (χ3v) is 13.9. The average Bonchev–Trinajstić information content (AvgIpc) is 3.95. The first kappa shape index (κ1) is 45.9. The average molecular weight is 829 g/mol. The number of nitrogens with one attached hydrogen (secondary N) is 1. The molecule has 0 radical (unpaired) electrons. The van der Waals surface area contributed by atoms with Gasteiger partial charge in [-0.15, -0.1) is 0 Å². The van der Waals surface area contributed by atoms with Gasteiger partial charge in [0.15, 0.2) is 5.78 Å². The van der Waals surface area contributed by atoms with Crippen LogP contribution in [0.3, 0.4) is 0 Å². The fraction of sp³-hybridized carbons (Fsp3) is 0.566. The van der Waals surface area contributed by atoms with E-state index in [2.05, 4.69) is 72.9 Å². The van der Waals surface area contributed by atoms with Gasteiger partial charge >= 0.3 is 5.97 Å². The fourth-order valence-electron chi connectivity index (χ4n) is 9.98. The van der Waals surface area contributed by atoms with Gasteiger partial charge in [0.1, 0.15) is 12.4 Å². The highest BCUT2D eigenvalue weighted by Crippen LogP contribution is 2.46. The van der Waals surface area contributed by atoms with E-state index >= 15 is 0 Å². The summed E-state index contributed by atoms with van der Waals surface area (Å²) in [5.74, 6) is 2.38. The number of ketones is 1. The molecule has 5 heterocycles. The Hall–Kier alpha value is -4.59. The predicted molar refractivity (Wildman–Crippen MR) is 251 cm³/mol. The van der Waals surface area contributed by atoms with Crippen molar-refractivity contribution in [2.75, 3.05) is 6.61 Å². The SMILES string of the molecule is CCC1=C(C)C2=NC1=CC1=C(C)C3=C(O)CC(=C4NC(=CC5=NC(=C2)C(C(C)=O)=C5C)[C@@H](C)[C@@H]4CCC(=O)OC/C=C(\C)CCC[C@H](C)CCC[C@H](C)CCCC(C)C)C3=N1. The number of Topliss-reactive ketones (excluding diaryl/α,β-unsaturated/α-hetero) is 1. The first-order chi connectivity index (χ1) is 29.1. The Labute approximate surface area is 366 Å². The van der Waals surface area contributed by atoms with Crippen LogP contribution in [-0.2, 0) is 14.3 Å². The number of aliphatic hydroxyl groups excluding tert-OH is 1. The molecule has 0 aromatic rings. The van der Waals surface area contributed by atoms with Gasteiger partial charge in [0.05, 0.1) is 34.2 Å².